The van der Waals surface area contributed by atoms with Crippen molar-refractivity contribution in [2.45, 2.75) is 6.92 Å². The maximum absolute atomic E-state index is 11.6. The highest BCUT2D eigenvalue weighted by Crippen LogP contribution is 2.32. The number of anilines is 2. The van der Waals surface area contributed by atoms with E-state index < -0.39 is 0 Å². The molecule has 0 aliphatic heterocycles. The summed E-state index contributed by atoms with van der Waals surface area (Å²) in [5.41, 5.74) is 2.31. The van der Waals surface area contributed by atoms with Crippen molar-refractivity contribution in [2.24, 2.45) is 0 Å². The molecule has 0 radical (unpaired) electrons. The highest BCUT2D eigenvalue weighted by atomic mass is 32.1. The van der Waals surface area contributed by atoms with Crippen LogP contribution in [0.15, 0.2) is 60.7 Å². The number of aromatic nitrogens is 2. The van der Waals surface area contributed by atoms with Crippen LogP contribution in [-0.4, -0.2) is 23.0 Å². The molecule has 0 atom stereocenters. The molecule has 0 saturated heterocycles. The zero-order chi connectivity index (χ0) is 18.8. The first kappa shape index (κ1) is 17.2. The number of aryl methyl sites for hydroxylation is 1. The van der Waals surface area contributed by atoms with Gasteiger partial charge in [-0.05, 0) is 37.3 Å². The molecular formula is C21H17N3O2S. The topological polar surface area (TPSA) is 64.1 Å². The first-order valence-electron chi connectivity index (χ1n) is 8.43. The minimum Gasteiger partial charge on any atom is -0.465 e. The number of nitrogens with one attached hydrogen (secondary N) is 1. The first-order chi connectivity index (χ1) is 13.1. The van der Waals surface area contributed by atoms with Crippen LogP contribution in [0.1, 0.15) is 15.2 Å². The highest BCUT2D eigenvalue weighted by Gasteiger charge is 2.13. The number of thiophene rings is 1. The molecule has 0 saturated carbocycles. The van der Waals surface area contributed by atoms with Crippen molar-refractivity contribution in [3.05, 3.63) is 71.1 Å². The Morgan fingerprint density at radius 2 is 1.78 bits per heavy atom. The molecule has 0 aliphatic carbocycles. The van der Waals surface area contributed by atoms with E-state index in [1.54, 1.807) is 23.5 Å². The summed E-state index contributed by atoms with van der Waals surface area (Å²) in [5, 5.41) is 4.34. The predicted octanol–water partition coefficient (Wildman–Crippen LogP) is 5.20. The number of esters is 1. The molecular weight excluding hydrogens is 358 g/mol. The highest BCUT2D eigenvalue weighted by molar-refractivity contribution is 7.18. The van der Waals surface area contributed by atoms with E-state index in [1.807, 2.05) is 42.5 Å². The molecule has 1 N–H and O–H groups in total. The lowest BCUT2D eigenvalue weighted by Crippen LogP contribution is -2.02. The molecule has 0 fully saturated rings. The molecule has 0 bridgehead atoms. The fraction of sp³-hybridized carbons (Fsp3) is 0.0952. The number of hydrogen-bond donors (Lipinski definition) is 1. The molecule has 2 aromatic heterocycles. The van der Waals surface area contributed by atoms with Crippen molar-refractivity contribution in [2.75, 3.05) is 12.4 Å². The summed E-state index contributed by atoms with van der Waals surface area (Å²) < 4.78 is 4.74. The van der Waals surface area contributed by atoms with Gasteiger partial charge in [0.2, 0.25) is 0 Å². The van der Waals surface area contributed by atoms with Crippen LogP contribution < -0.4 is 5.32 Å². The van der Waals surface area contributed by atoms with E-state index in [0.29, 0.717) is 11.4 Å². The molecule has 0 amide bonds. The van der Waals surface area contributed by atoms with Gasteiger partial charge in [-0.2, -0.15) is 0 Å². The second-order valence-electron chi connectivity index (χ2n) is 6.03. The van der Waals surface area contributed by atoms with Crippen LogP contribution in [0.3, 0.4) is 0 Å². The fourth-order valence-electron chi connectivity index (χ4n) is 2.80. The number of carbonyl (C=O) groups is 1. The van der Waals surface area contributed by atoms with Gasteiger partial charge in [-0.3, -0.25) is 0 Å². The van der Waals surface area contributed by atoms with Crippen molar-refractivity contribution < 1.29 is 9.53 Å². The molecule has 0 aliphatic rings. The third kappa shape index (κ3) is 3.52. The molecule has 4 rings (SSSR count). The fourth-order valence-corrected chi connectivity index (χ4v) is 3.68. The number of rotatable bonds is 4. The number of fused-ring (bicyclic) bond motifs is 1. The Hall–Kier alpha value is -3.25. The van der Waals surface area contributed by atoms with Gasteiger partial charge < -0.3 is 10.1 Å². The van der Waals surface area contributed by atoms with E-state index in [-0.39, 0.29) is 5.97 Å². The Morgan fingerprint density at radius 1 is 1.04 bits per heavy atom. The Bertz CT molecular complexity index is 1110. The standard InChI is InChI=1S/C21H17N3O2S/c1-13-12-17-19(22-16-10-8-15(9-11-16)21(25)26-2)23-18(24-20(17)27-13)14-6-4-3-5-7-14/h3-12H,1-2H3,(H,22,23,24). The van der Waals surface area contributed by atoms with Crippen LogP contribution in [0.5, 0.6) is 0 Å². The van der Waals surface area contributed by atoms with Crippen molar-refractivity contribution in [1.82, 2.24) is 9.97 Å². The molecule has 0 unspecified atom stereocenters. The minimum absolute atomic E-state index is 0.356. The lowest BCUT2D eigenvalue weighted by atomic mass is 10.2. The van der Waals surface area contributed by atoms with Gasteiger partial charge in [-0.25, -0.2) is 14.8 Å². The van der Waals surface area contributed by atoms with Gasteiger partial charge in [0.05, 0.1) is 18.1 Å². The van der Waals surface area contributed by atoms with Crippen LogP contribution in [0, 0.1) is 6.92 Å². The zero-order valence-corrected chi connectivity index (χ0v) is 15.7. The summed E-state index contributed by atoms with van der Waals surface area (Å²) in [7, 11) is 1.37. The van der Waals surface area contributed by atoms with E-state index >= 15 is 0 Å². The average Bonchev–Trinajstić information content (AvgIpc) is 3.09. The number of carbonyl (C=O) groups excluding carboxylic acids is 1. The second-order valence-corrected chi connectivity index (χ2v) is 7.27. The van der Waals surface area contributed by atoms with E-state index in [9.17, 15) is 4.79 Å². The molecule has 0 spiro atoms. The number of ether oxygens (including phenoxy) is 1. The smallest absolute Gasteiger partial charge is 0.337 e. The summed E-state index contributed by atoms with van der Waals surface area (Å²) in [4.78, 5) is 23.2. The van der Waals surface area contributed by atoms with Gasteiger partial charge in [0.25, 0.3) is 0 Å². The van der Waals surface area contributed by atoms with Gasteiger partial charge in [-0.15, -0.1) is 11.3 Å². The van der Waals surface area contributed by atoms with Gasteiger partial charge >= 0.3 is 5.97 Å². The minimum atomic E-state index is -0.356. The number of methoxy groups -OCH3 is 1. The summed E-state index contributed by atoms with van der Waals surface area (Å²) >= 11 is 1.64. The molecule has 6 heteroatoms. The zero-order valence-electron chi connectivity index (χ0n) is 14.9. The molecule has 2 aromatic carbocycles. The third-order valence-electron chi connectivity index (χ3n) is 4.12. The second kappa shape index (κ2) is 7.17. The summed E-state index contributed by atoms with van der Waals surface area (Å²) in [6.45, 7) is 2.06. The molecule has 5 nitrogen and oxygen atoms in total. The monoisotopic (exact) mass is 375 g/mol. The van der Waals surface area contributed by atoms with Crippen molar-refractivity contribution in [1.29, 1.82) is 0 Å². The van der Waals surface area contributed by atoms with Gasteiger partial charge in [-0.1, -0.05) is 30.3 Å². The molecule has 4 aromatic rings. The van der Waals surface area contributed by atoms with Crippen molar-refractivity contribution >= 4 is 39.0 Å². The van der Waals surface area contributed by atoms with E-state index in [0.717, 1.165) is 27.3 Å². The predicted molar refractivity (Wildman–Crippen MR) is 109 cm³/mol. The number of nitrogens with zero attached hydrogens (tertiary/aromatic N) is 2. The number of benzene rings is 2. The van der Waals surface area contributed by atoms with Gasteiger partial charge in [0.1, 0.15) is 10.6 Å². The lowest BCUT2D eigenvalue weighted by molar-refractivity contribution is 0.0601. The van der Waals surface area contributed by atoms with E-state index in [1.165, 1.54) is 12.0 Å². The SMILES string of the molecule is COC(=O)c1ccc(Nc2nc(-c3ccccc3)nc3sc(C)cc23)cc1. The summed E-state index contributed by atoms with van der Waals surface area (Å²) in [5.74, 6) is 1.07. The van der Waals surface area contributed by atoms with Crippen molar-refractivity contribution in [3.8, 4) is 11.4 Å². The van der Waals surface area contributed by atoms with Crippen LogP contribution in [0.2, 0.25) is 0 Å². The Morgan fingerprint density at radius 3 is 2.48 bits per heavy atom. The van der Waals surface area contributed by atoms with E-state index in [2.05, 4.69) is 18.3 Å². The lowest BCUT2D eigenvalue weighted by Gasteiger charge is -2.09. The average molecular weight is 375 g/mol. The summed E-state index contributed by atoms with van der Waals surface area (Å²) in [6.07, 6.45) is 0. The Labute approximate surface area is 160 Å². The largest absolute Gasteiger partial charge is 0.465 e. The van der Waals surface area contributed by atoms with E-state index in [4.69, 9.17) is 14.7 Å². The maximum Gasteiger partial charge on any atom is 0.337 e. The van der Waals surface area contributed by atoms with Gasteiger partial charge in [0, 0.05) is 16.1 Å². The van der Waals surface area contributed by atoms with Crippen LogP contribution in [-0.2, 0) is 4.74 Å². The first-order valence-corrected chi connectivity index (χ1v) is 9.25. The van der Waals surface area contributed by atoms with Gasteiger partial charge in [0.15, 0.2) is 5.82 Å². The quantitative estimate of drug-likeness (QED) is 0.497. The molecule has 2 heterocycles. The van der Waals surface area contributed by atoms with Crippen LogP contribution in [0.25, 0.3) is 21.6 Å². The maximum atomic E-state index is 11.6. The normalized spacial score (nSPS) is 10.7. The Balaban J connectivity index is 1.75. The van der Waals surface area contributed by atoms with Crippen LogP contribution >= 0.6 is 11.3 Å². The number of hydrogen-bond acceptors (Lipinski definition) is 6. The van der Waals surface area contributed by atoms with Crippen molar-refractivity contribution in [3.63, 3.8) is 0 Å². The summed E-state index contributed by atoms with van der Waals surface area (Å²) in [6, 6.07) is 19.1. The third-order valence-corrected chi connectivity index (χ3v) is 5.06. The molecule has 27 heavy (non-hydrogen) atoms. The van der Waals surface area contributed by atoms with Crippen LogP contribution in [0.4, 0.5) is 11.5 Å². The Kier molecular flexibility index (Phi) is 4.56. The molecule has 134 valence electrons.